The van der Waals surface area contributed by atoms with E-state index < -0.39 is 23.6 Å². The normalized spacial score (nSPS) is 21.4. The molecule has 0 bridgehead atoms. The number of ether oxygens (including phenoxy) is 1. The predicted molar refractivity (Wildman–Crippen MR) is 68.8 cm³/mol. The van der Waals surface area contributed by atoms with E-state index in [9.17, 15) is 14.0 Å². The highest BCUT2D eigenvalue weighted by atomic mass is 19.1. The topological polar surface area (TPSA) is 75.6 Å². The van der Waals surface area contributed by atoms with Crippen LogP contribution in [0.15, 0.2) is 24.3 Å². The van der Waals surface area contributed by atoms with Crippen LogP contribution >= 0.6 is 0 Å². The number of benzene rings is 1. The molecule has 5 nitrogen and oxygen atoms in total. The van der Waals surface area contributed by atoms with Gasteiger partial charge in [-0.25, -0.2) is 4.39 Å². The molecule has 1 amide bonds. The molecule has 1 fully saturated rings. The van der Waals surface area contributed by atoms with Gasteiger partial charge in [-0.15, -0.1) is 0 Å². The van der Waals surface area contributed by atoms with Crippen LogP contribution in [0.25, 0.3) is 0 Å². The Kier molecular flexibility index (Phi) is 4.55. The third-order valence-corrected chi connectivity index (χ3v) is 3.37. The van der Waals surface area contributed by atoms with E-state index in [0.717, 1.165) is 6.42 Å². The summed E-state index contributed by atoms with van der Waals surface area (Å²) in [4.78, 5) is 22.7. The second-order valence-corrected chi connectivity index (χ2v) is 4.77. The van der Waals surface area contributed by atoms with Crippen molar-refractivity contribution in [2.45, 2.75) is 25.3 Å². The number of carbonyl (C=O) groups is 2. The molecule has 2 rings (SSSR count). The van der Waals surface area contributed by atoms with E-state index in [0.29, 0.717) is 12.8 Å². The van der Waals surface area contributed by atoms with E-state index in [1.807, 2.05) is 0 Å². The fraction of sp³-hybridized carbons (Fsp3) is 0.429. The van der Waals surface area contributed by atoms with Crippen LogP contribution in [0.5, 0.6) is 5.75 Å². The van der Waals surface area contributed by atoms with Gasteiger partial charge in [0.1, 0.15) is 0 Å². The number of carbonyl (C=O) groups excluding carboxylic acids is 1. The molecule has 0 saturated heterocycles. The van der Waals surface area contributed by atoms with Gasteiger partial charge >= 0.3 is 5.97 Å². The van der Waals surface area contributed by atoms with Crippen molar-refractivity contribution in [1.29, 1.82) is 0 Å². The molecule has 1 aliphatic rings. The van der Waals surface area contributed by atoms with Crippen molar-refractivity contribution in [1.82, 2.24) is 5.32 Å². The van der Waals surface area contributed by atoms with E-state index >= 15 is 0 Å². The first-order chi connectivity index (χ1) is 9.58. The van der Waals surface area contributed by atoms with Gasteiger partial charge in [0.25, 0.3) is 5.91 Å². The summed E-state index contributed by atoms with van der Waals surface area (Å²) in [5, 5.41) is 11.6. The van der Waals surface area contributed by atoms with Gasteiger partial charge in [-0.2, -0.15) is 0 Å². The van der Waals surface area contributed by atoms with Crippen LogP contribution in [-0.2, 0) is 9.59 Å². The standard InChI is InChI=1S/C14H16FNO4/c15-10-5-1-2-7-12(10)20-8-13(17)16-11-6-3-4-9(11)14(18)19/h1-2,5,7,9,11H,3-4,6,8H2,(H,16,17)(H,18,19)/t9-,11+/m1/s1. The summed E-state index contributed by atoms with van der Waals surface area (Å²) in [5.41, 5.74) is 0. The van der Waals surface area contributed by atoms with E-state index in [1.54, 1.807) is 6.07 Å². The molecule has 0 aliphatic heterocycles. The quantitative estimate of drug-likeness (QED) is 0.859. The molecule has 20 heavy (non-hydrogen) atoms. The first kappa shape index (κ1) is 14.3. The fourth-order valence-electron chi connectivity index (χ4n) is 2.38. The number of carboxylic acid groups (broad SMARTS) is 1. The fourth-order valence-corrected chi connectivity index (χ4v) is 2.38. The number of rotatable bonds is 5. The van der Waals surface area contributed by atoms with E-state index in [2.05, 4.69) is 5.32 Å². The lowest BCUT2D eigenvalue weighted by Crippen LogP contribution is -2.42. The summed E-state index contributed by atoms with van der Waals surface area (Å²) in [7, 11) is 0. The summed E-state index contributed by atoms with van der Waals surface area (Å²) in [5.74, 6) is -2.42. The molecule has 0 aromatic heterocycles. The zero-order valence-electron chi connectivity index (χ0n) is 10.8. The van der Waals surface area contributed by atoms with Crippen LogP contribution in [0.4, 0.5) is 4.39 Å². The van der Waals surface area contributed by atoms with Crippen molar-refractivity contribution in [3.8, 4) is 5.75 Å². The number of carboxylic acids is 1. The Bertz CT molecular complexity index is 506. The molecule has 0 spiro atoms. The molecular formula is C14H16FNO4. The van der Waals surface area contributed by atoms with Crippen molar-refractivity contribution in [2.24, 2.45) is 5.92 Å². The zero-order chi connectivity index (χ0) is 14.5. The first-order valence-corrected chi connectivity index (χ1v) is 6.47. The van der Waals surface area contributed by atoms with Gasteiger partial charge < -0.3 is 15.2 Å². The minimum atomic E-state index is -0.900. The maximum absolute atomic E-state index is 13.3. The Labute approximate surface area is 115 Å². The maximum atomic E-state index is 13.3. The summed E-state index contributed by atoms with van der Waals surface area (Å²) >= 11 is 0. The summed E-state index contributed by atoms with van der Waals surface area (Å²) in [6.07, 6.45) is 1.98. The Balaban J connectivity index is 1.84. The molecule has 0 radical (unpaired) electrons. The molecule has 108 valence electrons. The summed E-state index contributed by atoms with van der Waals surface area (Å²) < 4.78 is 18.3. The first-order valence-electron chi connectivity index (χ1n) is 6.47. The van der Waals surface area contributed by atoms with E-state index in [1.165, 1.54) is 18.2 Å². The number of nitrogens with one attached hydrogen (secondary N) is 1. The number of amides is 1. The maximum Gasteiger partial charge on any atom is 0.308 e. The molecular weight excluding hydrogens is 265 g/mol. The molecule has 1 saturated carbocycles. The van der Waals surface area contributed by atoms with Crippen molar-refractivity contribution in [3.63, 3.8) is 0 Å². The molecule has 2 N–H and O–H groups in total. The average Bonchev–Trinajstić information content (AvgIpc) is 2.86. The Morgan fingerprint density at radius 2 is 2.10 bits per heavy atom. The smallest absolute Gasteiger partial charge is 0.308 e. The lowest BCUT2D eigenvalue weighted by atomic mass is 10.0. The van der Waals surface area contributed by atoms with Crippen LogP contribution in [0.1, 0.15) is 19.3 Å². The van der Waals surface area contributed by atoms with Gasteiger partial charge in [-0.05, 0) is 25.0 Å². The van der Waals surface area contributed by atoms with Gasteiger partial charge in [0.2, 0.25) is 0 Å². The number of aliphatic carboxylic acids is 1. The highest BCUT2D eigenvalue weighted by Crippen LogP contribution is 2.25. The van der Waals surface area contributed by atoms with Gasteiger partial charge in [0.05, 0.1) is 5.92 Å². The monoisotopic (exact) mass is 281 g/mol. The van der Waals surface area contributed by atoms with Gasteiger partial charge in [-0.1, -0.05) is 18.6 Å². The van der Waals surface area contributed by atoms with Crippen molar-refractivity contribution in [2.75, 3.05) is 6.61 Å². The van der Waals surface area contributed by atoms with Crippen molar-refractivity contribution in [3.05, 3.63) is 30.1 Å². The molecule has 0 unspecified atom stereocenters. The number of hydrogen-bond acceptors (Lipinski definition) is 3. The predicted octanol–water partition coefficient (Wildman–Crippen LogP) is 1.57. The average molecular weight is 281 g/mol. The highest BCUT2D eigenvalue weighted by Gasteiger charge is 2.33. The van der Waals surface area contributed by atoms with Crippen LogP contribution < -0.4 is 10.1 Å². The highest BCUT2D eigenvalue weighted by molar-refractivity contribution is 5.79. The molecule has 1 aromatic rings. The Morgan fingerprint density at radius 1 is 1.35 bits per heavy atom. The minimum absolute atomic E-state index is 0.00357. The second-order valence-electron chi connectivity index (χ2n) is 4.77. The lowest BCUT2D eigenvalue weighted by Gasteiger charge is -2.17. The van der Waals surface area contributed by atoms with Crippen LogP contribution in [0.3, 0.4) is 0 Å². The van der Waals surface area contributed by atoms with E-state index in [-0.39, 0.29) is 18.4 Å². The molecule has 1 aromatic carbocycles. The largest absolute Gasteiger partial charge is 0.481 e. The number of para-hydroxylation sites is 1. The third-order valence-electron chi connectivity index (χ3n) is 3.37. The van der Waals surface area contributed by atoms with Gasteiger partial charge in [0, 0.05) is 6.04 Å². The van der Waals surface area contributed by atoms with Crippen molar-refractivity contribution < 1.29 is 23.8 Å². The second kappa shape index (κ2) is 6.36. The van der Waals surface area contributed by atoms with Gasteiger partial charge in [0.15, 0.2) is 18.2 Å². The number of hydrogen-bond donors (Lipinski definition) is 2. The molecule has 6 heteroatoms. The Morgan fingerprint density at radius 3 is 2.80 bits per heavy atom. The third kappa shape index (κ3) is 3.46. The van der Waals surface area contributed by atoms with E-state index in [4.69, 9.17) is 9.84 Å². The van der Waals surface area contributed by atoms with Crippen LogP contribution in [0, 0.1) is 11.7 Å². The number of halogens is 1. The molecule has 2 atom stereocenters. The minimum Gasteiger partial charge on any atom is -0.481 e. The summed E-state index contributed by atoms with van der Waals surface area (Å²) in [6, 6.07) is 5.43. The van der Waals surface area contributed by atoms with Crippen molar-refractivity contribution >= 4 is 11.9 Å². The zero-order valence-corrected chi connectivity index (χ0v) is 10.8. The Hall–Kier alpha value is -2.11. The summed E-state index contributed by atoms with van der Waals surface area (Å²) in [6.45, 7) is -0.330. The van der Waals surface area contributed by atoms with Gasteiger partial charge in [-0.3, -0.25) is 9.59 Å². The van der Waals surface area contributed by atoms with Crippen LogP contribution in [0.2, 0.25) is 0 Å². The SMILES string of the molecule is O=C(COc1ccccc1F)N[C@H]1CCC[C@H]1C(=O)O. The van der Waals surface area contributed by atoms with Crippen LogP contribution in [-0.4, -0.2) is 29.6 Å². The molecule has 0 heterocycles. The molecule has 1 aliphatic carbocycles. The lowest BCUT2D eigenvalue weighted by molar-refractivity contribution is -0.142.